The number of hydrogen-bond acceptors (Lipinski definition) is 4. The maximum absolute atomic E-state index is 11.2. The van der Waals surface area contributed by atoms with Gasteiger partial charge in [-0.3, -0.25) is 9.69 Å². The molecule has 0 aromatic heterocycles. The molecule has 0 amide bonds. The Morgan fingerprint density at radius 1 is 1.47 bits per heavy atom. The summed E-state index contributed by atoms with van der Waals surface area (Å²) in [5.41, 5.74) is 0. The average Bonchev–Trinajstić information content (AvgIpc) is 2.69. The smallest absolute Gasteiger partial charge is 0.320 e. The van der Waals surface area contributed by atoms with Gasteiger partial charge in [0.1, 0.15) is 6.04 Å². The third-order valence-corrected chi connectivity index (χ3v) is 4.43. The van der Waals surface area contributed by atoms with Crippen molar-refractivity contribution in [1.29, 1.82) is 0 Å². The van der Waals surface area contributed by atoms with Crippen LogP contribution < -0.4 is 4.72 Å². The van der Waals surface area contributed by atoms with Gasteiger partial charge in [-0.15, -0.1) is 0 Å². The van der Waals surface area contributed by atoms with Crippen LogP contribution in [0.3, 0.4) is 0 Å². The topological polar surface area (TPSA) is 86.7 Å². The summed E-state index contributed by atoms with van der Waals surface area (Å²) >= 11 is 0. The summed E-state index contributed by atoms with van der Waals surface area (Å²) in [6.07, 6.45) is 1.44. The van der Waals surface area contributed by atoms with Crippen molar-refractivity contribution in [2.45, 2.75) is 24.9 Å². The summed E-state index contributed by atoms with van der Waals surface area (Å²) in [7, 11) is -3.17. The molecular formula is C8H14N2O4S. The molecule has 0 radical (unpaired) electrons. The Labute approximate surface area is 88.3 Å². The van der Waals surface area contributed by atoms with Crippen molar-refractivity contribution in [1.82, 2.24) is 9.62 Å². The SMILES string of the molecule is O=C(O)[C@@H]1CCCN1C1CNS(=O)(=O)C1. The van der Waals surface area contributed by atoms with E-state index in [0.29, 0.717) is 19.5 Å². The van der Waals surface area contributed by atoms with Crippen LogP contribution >= 0.6 is 0 Å². The Morgan fingerprint density at radius 3 is 2.73 bits per heavy atom. The highest BCUT2D eigenvalue weighted by Crippen LogP contribution is 2.22. The molecule has 2 N–H and O–H groups in total. The monoisotopic (exact) mass is 234 g/mol. The lowest BCUT2D eigenvalue weighted by atomic mass is 10.2. The fraction of sp³-hybridized carbons (Fsp3) is 0.875. The Morgan fingerprint density at radius 2 is 2.20 bits per heavy atom. The number of nitrogens with zero attached hydrogens (tertiary/aromatic N) is 1. The van der Waals surface area contributed by atoms with E-state index in [4.69, 9.17) is 5.11 Å². The van der Waals surface area contributed by atoms with Crippen LogP contribution in [0.1, 0.15) is 12.8 Å². The van der Waals surface area contributed by atoms with Gasteiger partial charge in [0.15, 0.2) is 0 Å². The van der Waals surface area contributed by atoms with E-state index in [9.17, 15) is 13.2 Å². The molecule has 2 heterocycles. The van der Waals surface area contributed by atoms with Crippen LogP contribution in [0.15, 0.2) is 0 Å². The largest absolute Gasteiger partial charge is 0.480 e. The van der Waals surface area contributed by atoms with E-state index in [-0.39, 0.29) is 11.8 Å². The van der Waals surface area contributed by atoms with Crippen molar-refractivity contribution in [3.8, 4) is 0 Å². The van der Waals surface area contributed by atoms with Gasteiger partial charge in [0.25, 0.3) is 0 Å². The second-order valence-electron chi connectivity index (χ2n) is 4.02. The van der Waals surface area contributed by atoms with Crippen molar-refractivity contribution in [3.05, 3.63) is 0 Å². The standard InChI is InChI=1S/C8H14N2O4S/c11-8(12)7-2-1-3-10(7)6-4-9-15(13,14)5-6/h6-7,9H,1-5H2,(H,11,12)/t6?,7-/m0/s1. The Bertz CT molecular complexity index is 367. The van der Waals surface area contributed by atoms with E-state index < -0.39 is 22.0 Å². The van der Waals surface area contributed by atoms with Gasteiger partial charge in [0.2, 0.25) is 10.0 Å². The Hall–Kier alpha value is -0.660. The zero-order valence-corrected chi connectivity index (χ0v) is 9.03. The summed E-state index contributed by atoms with van der Waals surface area (Å²) < 4.78 is 24.8. The molecule has 2 fully saturated rings. The van der Waals surface area contributed by atoms with Crippen molar-refractivity contribution in [3.63, 3.8) is 0 Å². The van der Waals surface area contributed by atoms with Crippen molar-refractivity contribution in [2.75, 3.05) is 18.8 Å². The molecule has 2 aliphatic heterocycles. The van der Waals surface area contributed by atoms with E-state index in [1.165, 1.54) is 0 Å². The summed E-state index contributed by atoms with van der Waals surface area (Å²) in [6.45, 7) is 1.02. The highest BCUT2D eigenvalue weighted by Gasteiger charge is 2.40. The van der Waals surface area contributed by atoms with Crippen molar-refractivity contribution < 1.29 is 18.3 Å². The van der Waals surface area contributed by atoms with Gasteiger partial charge in [-0.25, -0.2) is 13.1 Å². The minimum atomic E-state index is -3.17. The Kier molecular flexibility index (Phi) is 2.70. The first kappa shape index (κ1) is 10.8. The lowest BCUT2D eigenvalue weighted by Gasteiger charge is -2.26. The van der Waals surface area contributed by atoms with Gasteiger partial charge in [-0.2, -0.15) is 0 Å². The maximum atomic E-state index is 11.2. The number of sulfonamides is 1. The molecule has 7 heteroatoms. The van der Waals surface area contributed by atoms with Gasteiger partial charge >= 0.3 is 5.97 Å². The maximum Gasteiger partial charge on any atom is 0.320 e. The number of hydrogen-bond donors (Lipinski definition) is 2. The van der Waals surface area contributed by atoms with Gasteiger partial charge in [0.05, 0.1) is 5.75 Å². The molecule has 2 rings (SSSR count). The van der Waals surface area contributed by atoms with Crippen LogP contribution in [0, 0.1) is 0 Å². The van der Waals surface area contributed by atoms with Crippen LogP contribution in [-0.2, 0) is 14.8 Å². The minimum absolute atomic E-state index is 0.0246. The Balaban J connectivity index is 2.08. The first-order valence-corrected chi connectivity index (χ1v) is 6.61. The molecule has 15 heavy (non-hydrogen) atoms. The van der Waals surface area contributed by atoms with E-state index >= 15 is 0 Å². The second-order valence-corrected chi connectivity index (χ2v) is 5.87. The summed E-state index contributed by atoms with van der Waals surface area (Å²) in [4.78, 5) is 12.7. The van der Waals surface area contributed by atoms with E-state index in [1.807, 2.05) is 0 Å². The summed E-state index contributed by atoms with van der Waals surface area (Å²) in [5.74, 6) is -0.826. The first-order chi connectivity index (χ1) is 6.99. The lowest BCUT2D eigenvalue weighted by Crippen LogP contribution is -2.45. The van der Waals surface area contributed by atoms with Crippen molar-refractivity contribution >= 4 is 16.0 Å². The van der Waals surface area contributed by atoms with E-state index in [0.717, 1.165) is 6.42 Å². The van der Waals surface area contributed by atoms with Crippen molar-refractivity contribution in [2.24, 2.45) is 0 Å². The molecule has 1 unspecified atom stereocenters. The molecule has 0 saturated carbocycles. The number of carbonyl (C=O) groups is 1. The van der Waals surface area contributed by atoms with Crippen LogP contribution in [0.4, 0.5) is 0 Å². The molecule has 2 aliphatic rings. The molecule has 2 atom stereocenters. The quantitative estimate of drug-likeness (QED) is 0.629. The fourth-order valence-electron chi connectivity index (χ4n) is 2.30. The molecule has 6 nitrogen and oxygen atoms in total. The zero-order chi connectivity index (χ0) is 11.1. The number of rotatable bonds is 2. The number of aliphatic carboxylic acids is 1. The predicted molar refractivity (Wildman–Crippen MR) is 52.9 cm³/mol. The van der Waals surface area contributed by atoms with Gasteiger partial charge in [-0.05, 0) is 19.4 Å². The molecule has 2 saturated heterocycles. The third kappa shape index (κ3) is 2.14. The molecule has 0 aromatic rings. The fourth-order valence-corrected chi connectivity index (χ4v) is 3.68. The summed E-state index contributed by atoms with van der Waals surface area (Å²) in [6, 6.07) is -0.691. The number of nitrogens with one attached hydrogen (secondary N) is 1. The van der Waals surface area contributed by atoms with Crippen LogP contribution in [0.5, 0.6) is 0 Å². The average molecular weight is 234 g/mol. The number of carboxylic acid groups (broad SMARTS) is 1. The highest BCUT2D eigenvalue weighted by molar-refractivity contribution is 7.89. The minimum Gasteiger partial charge on any atom is -0.480 e. The van der Waals surface area contributed by atoms with E-state index in [1.54, 1.807) is 4.90 Å². The molecule has 0 aromatic carbocycles. The highest BCUT2D eigenvalue weighted by atomic mass is 32.2. The molecule has 86 valence electrons. The zero-order valence-electron chi connectivity index (χ0n) is 8.22. The molecular weight excluding hydrogens is 220 g/mol. The predicted octanol–water partition coefficient (Wildman–Crippen LogP) is -1.16. The normalized spacial score (nSPS) is 35.7. The van der Waals surface area contributed by atoms with Gasteiger partial charge in [-0.1, -0.05) is 0 Å². The van der Waals surface area contributed by atoms with Gasteiger partial charge in [0, 0.05) is 12.6 Å². The van der Waals surface area contributed by atoms with Crippen LogP contribution in [0.25, 0.3) is 0 Å². The molecule has 0 aliphatic carbocycles. The lowest BCUT2D eigenvalue weighted by molar-refractivity contribution is -0.142. The number of likely N-dealkylation sites (tertiary alicyclic amines) is 1. The number of carboxylic acids is 1. The molecule has 0 bridgehead atoms. The second kappa shape index (κ2) is 3.73. The first-order valence-electron chi connectivity index (χ1n) is 4.95. The van der Waals surface area contributed by atoms with E-state index in [2.05, 4.69) is 4.72 Å². The van der Waals surface area contributed by atoms with Crippen LogP contribution in [0.2, 0.25) is 0 Å². The third-order valence-electron chi connectivity index (χ3n) is 3.00. The van der Waals surface area contributed by atoms with Gasteiger partial charge < -0.3 is 5.11 Å². The molecule has 0 spiro atoms. The summed E-state index contributed by atoms with van der Waals surface area (Å²) in [5, 5.41) is 8.96. The van der Waals surface area contributed by atoms with Crippen LogP contribution in [-0.4, -0.2) is 55.3 Å².